The summed E-state index contributed by atoms with van der Waals surface area (Å²) in [5, 5.41) is 6.53. The molecule has 3 aromatic rings. The van der Waals surface area contributed by atoms with Crippen LogP contribution in [0.4, 0.5) is 5.82 Å². The van der Waals surface area contributed by atoms with Crippen molar-refractivity contribution in [3.8, 4) is 0 Å². The summed E-state index contributed by atoms with van der Waals surface area (Å²) in [6, 6.07) is 15.7. The molecule has 5 heteroatoms. The zero-order valence-electron chi connectivity index (χ0n) is 13.8. The molecule has 1 aromatic carbocycles. The summed E-state index contributed by atoms with van der Waals surface area (Å²) >= 11 is 0. The van der Waals surface area contributed by atoms with Crippen molar-refractivity contribution in [3.63, 3.8) is 0 Å². The lowest BCUT2D eigenvalue weighted by Crippen LogP contribution is -2.44. The minimum Gasteiger partial charge on any atom is -0.360 e. The summed E-state index contributed by atoms with van der Waals surface area (Å²) in [7, 11) is 0. The average Bonchev–Trinajstić information content (AvgIpc) is 3.00. The average molecular weight is 322 g/mol. The summed E-state index contributed by atoms with van der Waals surface area (Å²) in [6.45, 7) is 3.63. The standard InChI is InChI=1S/C19H19N3O2/c1-14-12-18(21-24-14)20-19(23)15(2)22-10-8-17(9-11-22)13-16-6-4-3-5-7-16/h3-12,15H,13H2,1-2H3/p+1. The van der Waals surface area contributed by atoms with Gasteiger partial charge >= 0.3 is 0 Å². The van der Waals surface area contributed by atoms with Gasteiger partial charge in [0.2, 0.25) is 6.04 Å². The highest BCUT2D eigenvalue weighted by atomic mass is 16.5. The van der Waals surface area contributed by atoms with Gasteiger partial charge in [0.15, 0.2) is 18.2 Å². The third-order valence-electron chi connectivity index (χ3n) is 3.88. The van der Waals surface area contributed by atoms with E-state index in [9.17, 15) is 4.79 Å². The number of benzene rings is 1. The van der Waals surface area contributed by atoms with Crippen LogP contribution in [-0.4, -0.2) is 11.1 Å². The Morgan fingerprint density at radius 3 is 2.46 bits per heavy atom. The second kappa shape index (κ2) is 7.08. The van der Waals surface area contributed by atoms with Gasteiger partial charge in [0.25, 0.3) is 5.91 Å². The van der Waals surface area contributed by atoms with E-state index in [1.54, 1.807) is 13.0 Å². The lowest BCUT2D eigenvalue weighted by atomic mass is 10.1. The van der Waals surface area contributed by atoms with Gasteiger partial charge in [-0.3, -0.25) is 4.79 Å². The van der Waals surface area contributed by atoms with Gasteiger partial charge in [-0.15, -0.1) is 0 Å². The lowest BCUT2D eigenvalue weighted by molar-refractivity contribution is -0.705. The van der Waals surface area contributed by atoms with Crippen LogP contribution in [0.3, 0.4) is 0 Å². The van der Waals surface area contributed by atoms with E-state index in [1.165, 1.54) is 11.1 Å². The number of amides is 1. The maximum atomic E-state index is 12.3. The van der Waals surface area contributed by atoms with Crippen LogP contribution in [0, 0.1) is 6.92 Å². The van der Waals surface area contributed by atoms with Gasteiger partial charge in [-0.2, -0.15) is 4.57 Å². The Labute approximate surface area is 140 Å². The molecule has 1 unspecified atom stereocenters. The molecule has 3 rings (SSSR count). The molecule has 0 radical (unpaired) electrons. The fourth-order valence-corrected chi connectivity index (χ4v) is 2.47. The van der Waals surface area contributed by atoms with Crippen molar-refractivity contribution in [2.75, 3.05) is 5.32 Å². The Kier molecular flexibility index (Phi) is 4.70. The zero-order valence-corrected chi connectivity index (χ0v) is 13.8. The predicted octanol–water partition coefficient (Wildman–Crippen LogP) is 3.06. The van der Waals surface area contributed by atoms with Crippen LogP contribution in [0.15, 0.2) is 65.4 Å². The van der Waals surface area contributed by atoms with Gasteiger partial charge < -0.3 is 9.84 Å². The molecule has 122 valence electrons. The molecule has 0 aliphatic rings. The van der Waals surface area contributed by atoms with Crippen LogP contribution in [0.1, 0.15) is 29.9 Å². The molecule has 24 heavy (non-hydrogen) atoms. The maximum Gasteiger partial charge on any atom is 0.294 e. The van der Waals surface area contributed by atoms with Crippen LogP contribution in [0.5, 0.6) is 0 Å². The molecule has 2 heterocycles. The molecule has 1 atom stereocenters. The number of carbonyl (C=O) groups is 1. The molecular weight excluding hydrogens is 302 g/mol. The number of hydrogen-bond acceptors (Lipinski definition) is 3. The predicted molar refractivity (Wildman–Crippen MR) is 90.5 cm³/mol. The van der Waals surface area contributed by atoms with Crippen molar-refractivity contribution < 1.29 is 13.9 Å². The number of nitrogens with zero attached hydrogens (tertiary/aromatic N) is 2. The molecular formula is C19H20N3O2+. The Morgan fingerprint density at radius 1 is 1.17 bits per heavy atom. The monoisotopic (exact) mass is 322 g/mol. The van der Waals surface area contributed by atoms with Crippen LogP contribution in [-0.2, 0) is 11.2 Å². The van der Waals surface area contributed by atoms with Crippen molar-refractivity contribution >= 4 is 11.7 Å². The normalized spacial score (nSPS) is 11.9. The third kappa shape index (κ3) is 3.87. The fraction of sp³-hybridized carbons (Fsp3) is 0.211. The number of aromatic nitrogens is 2. The first-order valence-electron chi connectivity index (χ1n) is 7.89. The number of aryl methyl sites for hydroxylation is 1. The van der Waals surface area contributed by atoms with Crippen molar-refractivity contribution in [3.05, 3.63) is 77.8 Å². The molecule has 5 nitrogen and oxygen atoms in total. The van der Waals surface area contributed by atoms with E-state index in [4.69, 9.17) is 4.52 Å². The molecule has 0 aliphatic carbocycles. The number of hydrogen-bond donors (Lipinski definition) is 1. The molecule has 0 bridgehead atoms. The van der Waals surface area contributed by atoms with Crippen LogP contribution >= 0.6 is 0 Å². The fourth-order valence-electron chi connectivity index (χ4n) is 2.47. The van der Waals surface area contributed by atoms with Gasteiger partial charge in [-0.25, -0.2) is 0 Å². The number of carbonyl (C=O) groups excluding carboxylic acids is 1. The quantitative estimate of drug-likeness (QED) is 0.735. The minimum absolute atomic E-state index is 0.135. The molecule has 2 aromatic heterocycles. The Balaban J connectivity index is 1.65. The van der Waals surface area contributed by atoms with Crippen molar-refractivity contribution in [2.24, 2.45) is 0 Å². The van der Waals surface area contributed by atoms with Crippen molar-refractivity contribution in [1.82, 2.24) is 5.16 Å². The Bertz CT molecular complexity index is 810. The van der Waals surface area contributed by atoms with Gasteiger partial charge in [0.05, 0.1) is 0 Å². The molecule has 0 saturated heterocycles. The van der Waals surface area contributed by atoms with Crippen LogP contribution in [0.2, 0.25) is 0 Å². The second-order valence-electron chi connectivity index (χ2n) is 5.80. The highest BCUT2D eigenvalue weighted by Gasteiger charge is 2.22. The SMILES string of the molecule is Cc1cc(NC(=O)C(C)[n+]2ccc(Cc3ccccc3)cc2)no1. The second-order valence-corrected chi connectivity index (χ2v) is 5.80. The van der Waals surface area contributed by atoms with E-state index >= 15 is 0 Å². The first kappa shape index (κ1) is 15.9. The summed E-state index contributed by atoms with van der Waals surface area (Å²) in [5.41, 5.74) is 2.47. The first-order chi connectivity index (χ1) is 11.6. The van der Waals surface area contributed by atoms with Gasteiger partial charge in [0.1, 0.15) is 5.76 Å². The van der Waals surface area contributed by atoms with E-state index in [-0.39, 0.29) is 11.9 Å². The minimum atomic E-state index is -0.340. The highest BCUT2D eigenvalue weighted by molar-refractivity contribution is 5.91. The smallest absolute Gasteiger partial charge is 0.294 e. The van der Waals surface area contributed by atoms with Gasteiger partial charge in [0, 0.05) is 25.1 Å². The Morgan fingerprint density at radius 2 is 1.83 bits per heavy atom. The first-order valence-corrected chi connectivity index (χ1v) is 7.89. The summed E-state index contributed by atoms with van der Waals surface area (Å²) in [6.07, 6.45) is 4.73. The Hall–Kier alpha value is -2.95. The topological polar surface area (TPSA) is 59.0 Å². The molecule has 0 fully saturated rings. The van der Waals surface area contributed by atoms with Crippen molar-refractivity contribution in [2.45, 2.75) is 26.3 Å². The van der Waals surface area contributed by atoms with Crippen LogP contribution < -0.4 is 9.88 Å². The summed E-state index contributed by atoms with van der Waals surface area (Å²) in [4.78, 5) is 12.3. The molecule has 0 aliphatic heterocycles. The van der Waals surface area contributed by atoms with E-state index < -0.39 is 0 Å². The molecule has 1 amide bonds. The van der Waals surface area contributed by atoms with Crippen LogP contribution in [0.25, 0.3) is 0 Å². The van der Waals surface area contributed by atoms with Gasteiger partial charge in [-0.05, 0) is 24.5 Å². The summed E-state index contributed by atoms with van der Waals surface area (Å²) in [5.74, 6) is 0.964. The van der Waals surface area contributed by atoms with Crippen molar-refractivity contribution in [1.29, 1.82) is 0 Å². The molecule has 0 spiro atoms. The molecule has 1 N–H and O–H groups in total. The molecule has 0 saturated carbocycles. The number of pyridine rings is 1. The van der Waals surface area contributed by atoms with Gasteiger partial charge in [-0.1, -0.05) is 35.5 Å². The number of rotatable bonds is 5. The maximum absolute atomic E-state index is 12.3. The van der Waals surface area contributed by atoms with E-state index in [0.717, 1.165) is 6.42 Å². The van der Waals surface area contributed by atoms with E-state index in [1.807, 2.05) is 54.2 Å². The number of anilines is 1. The summed E-state index contributed by atoms with van der Waals surface area (Å²) < 4.78 is 6.82. The largest absolute Gasteiger partial charge is 0.360 e. The third-order valence-corrected chi connectivity index (χ3v) is 3.88. The van der Waals surface area contributed by atoms with E-state index in [2.05, 4.69) is 22.6 Å². The number of nitrogens with one attached hydrogen (secondary N) is 1. The highest BCUT2D eigenvalue weighted by Crippen LogP contribution is 2.10. The van der Waals surface area contributed by atoms with E-state index in [0.29, 0.717) is 11.6 Å². The zero-order chi connectivity index (χ0) is 16.9. The lowest BCUT2D eigenvalue weighted by Gasteiger charge is -2.07.